The van der Waals surface area contributed by atoms with E-state index in [9.17, 15) is 0 Å². The first kappa shape index (κ1) is 26.6. The number of hydrogen-bond donors (Lipinski definition) is 1. The highest BCUT2D eigenvalue weighted by Crippen LogP contribution is 2.29. The minimum absolute atomic E-state index is 0.0413. The average Bonchev–Trinajstić information content (AvgIpc) is 2.90. The molecule has 0 bridgehead atoms. The first-order valence-corrected chi connectivity index (χ1v) is 15.2. The Hall–Kier alpha value is -1.96. The lowest BCUT2D eigenvalue weighted by Crippen LogP contribution is -2.01. The molecule has 6 heteroatoms. The molecule has 0 aromatic heterocycles. The van der Waals surface area contributed by atoms with Crippen LogP contribution in [0.3, 0.4) is 0 Å². The minimum atomic E-state index is 0.0413. The van der Waals surface area contributed by atoms with Gasteiger partial charge in [-0.25, -0.2) is 0 Å². The molecular formula is C28H30O2S4+2. The zero-order chi connectivity index (χ0) is 24.0. The smallest absolute Gasteiger partial charge is 0.152 e. The minimum Gasteiger partial charge on any atom is -0.491 e. The highest BCUT2D eigenvalue weighted by molar-refractivity contribution is 7.99. The highest BCUT2D eigenvalue weighted by Gasteiger charge is 2.02. The molecule has 4 rings (SSSR count). The second-order valence-electron chi connectivity index (χ2n) is 7.00. The van der Waals surface area contributed by atoms with E-state index in [0.29, 0.717) is 6.61 Å². The summed E-state index contributed by atoms with van der Waals surface area (Å²) < 4.78 is 5.33. The molecule has 0 unspecified atom stereocenters. The summed E-state index contributed by atoms with van der Waals surface area (Å²) in [5, 5.41) is 8.69. The third kappa shape index (κ3) is 9.35. The van der Waals surface area contributed by atoms with E-state index in [-0.39, 0.29) is 6.61 Å². The van der Waals surface area contributed by atoms with Gasteiger partial charge in [0.2, 0.25) is 0 Å². The number of hydrogen-bond acceptors (Lipinski definition) is 4. The van der Waals surface area contributed by atoms with Crippen molar-refractivity contribution < 1.29 is 9.84 Å². The van der Waals surface area contributed by atoms with Gasteiger partial charge in [-0.05, 0) is 84.9 Å². The van der Waals surface area contributed by atoms with E-state index < -0.39 is 0 Å². The van der Waals surface area contributed by atoms with Gasteiger partial charge >= 0.3 is 0 Å². The lowest BCUT2D eigenvalue weighted by molar-refractivity contribution is 0.201. The molecule has 0 amide bonds. The van der Waals surface area contributed by atoms with Crippen LogP contribution in [-0.2, 0) is 23.5 Å². The van der Waals surface area contributed by atoms with E-state index in [1.165, 1.54) is 52.9 Å². The Bertz CT molecular complexity index is 1080. The van der Waals surface area contributed by atoms with Crippen LogP contribution in [0.15, 0.2) is 133 Å². The standard InChI is InChI=1S/C15H16O2S2.C13H12S2/c1-18-13-6-8-15(9-7-13)19-14-4-2-12(3-5-14)17-11-10-16;1-14-11-7-9-13(10-8-11)15-12-5-3-2-4-6-12/h2-9,16H,10-11H2,1H3;2-10H,1H3/p+2. The van der Waals surface area contributed by atoms with Gasteiger partial charge in [-0.1, -0.05) is 41.7 Å². The first-order chi connectivity index (χ1) is 16.7. The van der Waals surface area contributed by atoms with Crippen molar-refractivity contribution in [3.8, 4) is 5.75 Å². The normalized spacial score (nSPS) is 10.3. The Morgan fingerprint density at radius 3 is 1.41 bits per heavy atom. The summed E-state index contributed by atoms with van der Waals surface area (Å²) in [5.74, 6) is 0.790. The number of rotatable bonds is 9. The molecule has 2 nitrogen and oxygen atoms in total. The predicted octanol–water partition coefficient (Wildman–Crippen LogP) is 6.65. The van der Waals surface area contributed by atoms with Crippen LogP contribution in [0.4, 0.5) is 0 Å². The lowest BCUT2D eigenvalue weighted by Gasteiger charge is -2.05. The van der Waals surface area contributed by atoms with Crippen molar-refractivity contribution in [1.29, 1.82) is 0 Å². The summed E-state index contributed by atoms with van der Waals surface area (Å²) in [6.07, 6.45) is 4.28. The van der Waals surface area contributed by atoms with E-state index >= 15 is 0 Å². The fourth-order valence-corrected chi connectivity index (χ4v) is 5.40. The Morgan fingerprint density at radius 2 is 1.00 bits per heavy atom. The zero-order valence-electron chi connectivity index (χ0n) is 19.3. The molecule has 34 heavy (non-hydrogen) atoms. The van der Waals surface area contributed by atoms with Crippen molar-refractivity contribution in [3.63, 3.8) is 0 Å². The molecule has 0 atom stereocenters. The van der Waals surface area contributed by atoms with Crippen LogP contribution >= 0.6 is 23.5 Å². The monoisotopic (exact) mass is 526 g/mol. The maximum absolute atomic E-state index is 8.69. The molecule has 4 aromatic carbocycles. The second-order valence-corrected chi connectivity index (χ2v) is 11.2. The summed E-state index contributed by atoms with van der Waals surface area (Å²) in [6.45, 7) is 0.379. The van der Waals surface area contributed by atoms with Crippen molar-refractivity contribution in [1.82, 2.24) is 0 Å². The van der Waals surface area contributed by atoms with Crippen molar-refractivity contribution in [3.05, 3.63) is 103 Å². The van der Waals surface area contributed by atoms with Crippen LogP contribution in [0.5, 0.6) is 5.75 Å². The van der Waals surface area contributed by atoms with Crippen LogP contribution in [-0.4, -0.2) is 30.8 Å². The molecule has 0 aliphatic rings. The van der Waals surface area contributed by atoms with Crippen LogP contribution in [0, 0.1) is 0 Å². The van der Waals surface area contributed by atoms with E-state index in [2.05, 4.69) is 85.3 Å². The topological polar surface area (TPSA) is 29.5 Å². The van der Waals surface area contributed by atoms with Gasteiger partial charge in [0.05, 0.1) is 6.61 Å². The number of ether oxygens (including phenoxy) is 1. The number of aliphatic hydroxyl groups is 1. The second kappa shape index (κ2) is 15.1. The van der Waals surface area contributed by atoms with Crippen LogP contribution in [0.2, 0.25) is 0 Å². The molecular weight excluding hydrogens is 497 g/mol. The molecule has 0 aliphatic heterocycles. The average molecular weight is 527 g/mol. The fourth-order valence-electron chi connectivity index (χ4n) is 2.85. The van der Waals surface area contributed by atoms with E-state index in [1.54, 1.807) is 23.5 Å². The van der Waals surface area contributed by atoms with Gasteiger partial charge in [0, 0.05) is 43.1 Å². The Morgan fingerprint density at radius 1 is 0.588 bits per heavy atom. The molecule has 0 spiro atoms. The van der Waals surface area contributed by atoms with Crippen LogP contribution in [0.1, 0.15) is 0 Å². The van der Waals surface area contributed by atoms with Gasteiger partial charge in [-0.15, -0.1) is 0 Å². The fraction of sp³-hybridized carbons (Fsp3) is 0.143. The van der Waals surface area contributed by atoms with Gasteiger partial charge in [-0.3, -0.25) is 0 Å². The van der Waals surface area contributed by atoms with Crippen LogP contribution in [0.25, 0.3) is 0 Å². The van der Waals surface area contributed by atoms with E-state index in [4.69, 9.17) is 9.84 Å². The Balaban J connectivity index is 0.000000196. The van der Waals surface area contributed by atoms with Crippen molar-refractivity contribution in [2.45, 2.75) is 29.4 Å². The van der Waals surface area contributed by atoms with Gasteiger partial charge < -0.3 is 9.84 Å². The number of thiol groups is 2. The largest absolute Gasteiger partial charge is 0.491 e. The third-order valence-electron chi connectivity index (χ3n) is 4.59. The van der Waals surface area contributed by atoms with E-state index in [1.807, 2.05) is 30.3 Å². The summed E-state index contributed by atoms with van der Waals surface area (Å²) in [7, 11) is 0. The molecule has 0 fully saturated rings. The van der Waals surface area contributed by atoms with Crippen molar-refractivity contribution >= 4 is 47.0 Å². The molecule has 1 N–H and O–H groups in total. The molecule has 176 valence electrons. The van der Waals surface area contributed by atoms with Gasteiger partial charge in [0.25, 0.3) is 0 Å². The van der Waals surface area contributed by atoms with Gasteiger partial charge in [-0.2, -0.15) is 0 Å². The zero-order valence-corrected chi connectivity index (χ0v) is 22.7. The summed E-state index contributed by atoms with van der Waals surface area (Å²) in [6, 6.07) is 35.7. The summed E-state index contributed by atoms with van der Waals surface area (Å²) >= 11 is 6.16. The quantitative estimate of drug-likeness (QED) is 0.195. The van der Waals surface area contributed by atoms with Gasteiger partial charge in [0.15, 0.2) is 9.79 Å². The maximum Gasteiger partial charge on any atom is 0.152 e. The highest BCUT2D eigenvalue weighted by atomic mass is 32.2. The summed E-state index contributed by atoms with van der Waals surface area (Å²) in [4.78, 5) is 7.70. The van der Waals surface area contributed by atoms with Gasteiger partial charge in [0.1, 0.15) is 24.9 Å². The summed E-state index contributed by atoms with van der Waals surface area (Å²) in [5.41, 5.74) is 0. The first-order valence-electron chi connectivity index (χ1n) is 10.8. The molecule has 0 saturated carbocycles. The Labute approximate surface area is 219 Å². The number of aliphatic hydroxyl groups excluding tert-OH is 1. The molecule has 0 saturated heterocycles. The maximum atomic E-state index is 8.69. The molecule has 0 heterocycles. The lowest BCUT2D eigenvalue weighted by atomic mass is 10.3. The molecule has 0 aliphatic carbocycles. The molecule has 0 radical (unpaired) electrons. The van der Waals surface area contributed by atoms with Crippen molar-refractivity contribution in [2.24, 2.45) is 0 Å². The van der Waals surface area contributed by atoms with Crippen LogP contribution < -0.4 is 4.74 Å². The molecule has 4 aromatic rings. The predicted molar refractivity (Wildman–Crippen MR) is 152 cm³/mol. The Kier molecular flexibility index (Phi) is 11.8. The SMILES string of the molecule is C[SH+]c1ccc(Sc2ccc(OCCO)cc2)cc1.C[SH+]c1ccc(Sc2ccccc2)cc1. The van der Waals surface area contributed by atoms with Crippen molar-refractivity contribution in [2.75, 3.05) is 25.7 Å². The number of benzene rings is 4. The van der Waals surface area contributed by atoms with E-state index in [0.717, 1.165) is 5.75 Å². The third-order valence-corrected chi connectivity index (χ3v) is 8.25.